The molecule has 0 spiro atoms. The van der Waals surface area contributed by atoms with E-state index in [9.17, 15) is 14.7 Å². The predicted octanol–water partition coefficient (Wildman–Crippen LogP) is 3.87. The van der Waals surface area contributed by atoms with E-state index in [1.807, 2.05) is 6.92 Å². The zero-order valence-corrected chi connectivity index (χ0v) is 14.8. The SMILES string of the molecule is Cc1ccc(O)c(CC(=O)c2ccncc2NC(=O)OC(C)(C)C)c1. The van der Waals surface area contributed by atoms with Gasteiger partial charge in [0.05, 0.1) is 11.9 Å². The molecule has 1 aromatic heterocycles. The van der Waals surface area contributed by atoms with Gasteiger partial charge in [0.15, 0.2) is 5.78 Å². The normalized spacial score (nSPS) is 11.0. The number of anilines is 1. The second-order valence-corrected chi connectivity index (χ2v) is 6.78. The van der Waals surface area contributed by atoms with Gasteiger partial charge in [-0.3, -0.25) is 15.1 Å². The minimum atomic E-state index is -0.659. The van der Waals surface area contributed by atoms with Gasteiger partial charge in [-0.1, -0.05) is 17.7 Å². The summed E-state index contributed by atoms with van der Waals surface area (Å²) in [4.78, 5) is 28.5. The lowest BCUT2D eigenvalue weighted by molar-refractivity contribution is 0.0636. The van der Waals surface area contributed by atoms with Gasteiger partial charge in [0, 0.05) is 23.7 Å². The third-order valence-electron chi connectivity index (χ3n) is 3.34. The van der Waals surface area contributed by atoms with Crippen LogP contribution in [0.25, 0.3) is 0 Å². The van der Waals surface area contributed by atoms with Crippen LogP contribution in [0.3, 0.4) is 0 Å². The molecular weight excluding hydrogens is 320 g/mol. The van der Waals surface area contributed by atoms with Gasteiger partial charge < -0.3 is 9.84 Å². The minimum absolute atomic E-state index is 0.0144. The van der Waals surface area contributed by atoms with Crippen LogP contribution in [0, 0.1) is 6.92 Å². The molecule has 0 bridgehead atoms. The lowest BCUT2D eigenvalue weighted by atomic mass is 10.0. The Bertz CT molecular complexity index is 794. The fourth-order valence-corrected chi connectivity index (χ4v) is 2.27. The monoisotopic (exact) mass is 342 g/mol. The molecule has 0 aliphatic heterocycles. The van der Waals surface area contributed by atoms with Crippen molar-refractivity contribution in [3.8, 4) is 5.75 Å². The van der Waals surface area contributed by atoms with E-state index in [1.165, 1.54) is 18.5 Å². The molecular formula is C19H22N2O4. The first-order valence-electron chi connectivity index (χ1n) is 7.91. The van der Waals surface area contributed by atoms with Gasteiger partial charge in [0.2, 0.25) is 0 Å². The van der Waals surface area contributed by atoms with Crippen LogP contribution in [0.1, 0.15) is 42.3 Å². The largest absolute Gasteiger partial charge is 0.508 e. The highest BCUT2D eigenvalue weighted by Gasteiger charge is 2.19. The Balaban J connectivity index is 2.20. The van der Waals surface area contributed by atoms with E-state index in [0.717, 1.165) is 5.56 Å². The van der Waals surface area contributed by atoms with Crippen LogP contribution >= 0.6 is 0 Å². The van der Waals surface area contributed by atoms with Crippen LogP contribution < -0.4 is 5.32 Å². The Labute approximate surface area is 146 Å². The van der Waals surface area contributed by atoms with E-state index in [4.69, 9.17) is 4.74 Å². The summed E-state index contributed by atoms with van der Waals surface area (Å²) in [6, 6.07) is 6.62. The second-order valence-electron chi connectivity index (χ2n) is 6.78. The number of ether oxygens (including phenoxy) is 1. The molecule has 0 saturated heterocycles. The summed E-state index contributed by atoms with van der Waals surface area (Å²) in [6.07, 6.45) is 2.23. The number of hydrogen-bond donors (Lipinski definition) is 2. The number of aryl methyl sites for hydroxylation is 1. The summed E-state index contributed by atoms with van der Waals surface area (Å²) in [5.41, 5.74) is 1.41. The summed E-state index contributed by atoms with van der Waals surface area (Å²) in [5.74, 6) is -0.177. The molecule has 0 fully saturated rings. The molecule has 2 aromatic rings. The highest BCUT2D eigenvalue weighted by molar-refractivity contribution is 6.04. The standard InChI is InChI=1S/C19H22N2O4/c1-12-5-6-16(22)13(9-12)10-17(23)14-7-8-20-11-15(14)21-18(24)25-19(2,3)4/h5-9,11,22H,10H2,1-4H3,(H,21,24). The summed E-state index contributed by atoms with van der Waals surface area (Å²) >= 11 is 0. The van der Waals surface area contributed by atoms with Crippen molar-refractivity contribution >= 4 is 17.6 Å². The average molecular weight is 342 g/mol. The van der Waals surface area contributed by atoms with Crippen LogP contribution in [-0.2, 0) is 11.2 Å². The van der Waals surface area contributed by atoms with Gasteiger partial charge in [-0.25, -0.2) is 4.79 Å². The van der Waals surface area contributed by atoms with Crippen LogP contribution in [0.5, 0.6) is 5.75 Å². The Morgan fingerprint density at radius 1 is 1.24 bits per heavy atom. The van der Waals surface area contributed by atoms with Gasteiger partial charge in [-0.2, -0.15) is 0 Å². The number of rotatable bonds is 4. The summed E-state index contributed by atoms with van der Waals surface area (Å²) in [7, 11) is 0. The van der Waals surface area contributed by atoms with Crippen molar-refractivity contribution in [2.24, 2.45) is 0 Å². The number of benzene rings is 1. The van der Waals surface area contributed by atoms with Gasteiger partial charge in [-0.15, -0.1) is 0 Å². The quantitative estimate of drug-likeness (QED) is 0.824. The number of aromatic nitrogens is 1. The average Bonchev–Trinajstić information content (AvgIpc) is 2.49. The Hall–Kier alpha value is -2.89. The predicted molar refractivity (Wildman–Crippen MR) is 95.0 cm³/mol. The van der Waals surface area contributed by atoms with Crippen LogP contribution in [-0.4, -0.2) is 27.6 Å². The van der Waals surface area contributed by atoms with Crippen molar-refractivity contribution < 1.29 is 19.4 Å². The number of hydrogen-bond acceptors (Lipinski definition) is 5. The molecule has 6 nitrogen and oxygen atoms in total. The molecule has 0 aliphatic rings. The molecule has 132 valence electrons. The molecule has 0 unspecified atom stereocenters. The molecule has 25 heavy (non-hydrogen) atoms. The molecule has 1 heterocycles. The summed E-state index contributed by atoms with van der Waals surface area (Å²) < 4.78 is 5.20. The maximum atomic E-state index is 12.6. The fraction of sp³-hybridized carbons (Fsp3) is 0.316. The van der Waals surface area contributed by atoms with Gasteiger partial charge >= 0.3 is 6.09 Å². The van der Waals surface area contributed by atoms with Crippen molar-refractivity contribution in [1.82, 2.24) is 4.98 Å². The number of phenols is 1. The number of pyridine rings is 1. The number of aromatic hydroxyl groups is 1. The van der Waals surface area contributed by atoms with Crippen LogP contribution in [0.4, 0.5) is 10.5 Å². The number of amides is 1. The van der Waals surface area contributed by atoms with Crippen molar-refractivity contribution in [2.75, 3.05) is 5.32 Å². The molecule has 2 rings (SSSR count). The van der Waals surface area contributed by atoms with E-state index >= 15 is 0 Å². The lowest BCUT2D eigenvalue weighted by Gasteiger charge is -2.20. The van der Waals surface area contributed by atoms with Gasteiger partial charge in [0.25, 0.3) is 0 Å². The number of carbonyl (C=O) groups is 2. The first kappa shape index (κ1) is 18.4. The summed E-state index contributed by atoms with van der Waals surface area (Å²) in [6.45, 7) is 7.14. The van der Waals surface area contributed by atoms with Gasteiger partial charge in [-0.05, 0) is 39.8 Å². The summed E-state index contributed by atoms with van der Waals surface area (Å²) in [5, 5.41) is 12.5. The molecule has 1 aromatic carbocycles. The molecule has 1 amide bonds. The fourth-order valence-electron chi connectivity index (χ4n) is 2.27. The highest BCUT2D eigenvalue weighted by atomic mass is 16.6. The molecule has 0 aliphatic carbocycles. The van der Waals surface area contributed by atoms with Crippen LogP contribution in [0.15, 0.2) is 36.7 Å². The smallest absolute Gasteiger partial charge is 0.412 e. The molecule has 0 radical (unpaired) electrons. The zero-order valence-electron chi connectivity index (χ0n) is 14.8. The number of nitrogens with one attached hydrogen (secondary N) is 1. The molecule has 2 N–H and O–H groups in total. The Morgan fingerprint density at radius 3 is 2.64 bits per heavy atom. The van der Waals surface area contributed by atoms with Crippen molar-refractivity contribution in [3.63, 3.8) is 0 Å². The van der Waals surface area contributed by atoms with Crippen LogP contribution in [0.2, 0.25) is 0 Å². The number of ketones is 1. The second kappa shape index (κ2) is 7.34. The van der Waals surface area contributed by atoms with E-state index in [1.54, 1.807) is 39.0 Å². The number of carbonyl (C=O) groups excluding carboxylic acids is 2. The lowest BCUT2D eigenvalue weighted by Crippen LogP contribution is -2.27. The highest BCUT2D eigenvalue weighted by Crippen LogP contribution is 2.23. The number of phenolic OH excluding ortho intramolecular Hbond substituents is 1. The first-order valence-corrected chi connectivity index (χ1v) is 7.91. The van der Waals surface area contributed by atoms with Gasteiger partial charge in [0.1, 0.15) is 11.4 Å². The van der Waals surface area contributed by atoms with Crippen molar-refractivity contribution in [3.05, 3.63) is 53.3 Å². The van der Waals surface area contributed by atoms with E-state index in [0.29, 0.717) is 11.1 Å². The van der Waals surface area contributed by atoms with E-state index < -0.39 is 11.7 Å². The Morgan fingerprint density at radius 2 is 1.96 bits per heavy atom. The first-order chi connectivity index (χ1) is 11.7. The minimum Gasteiger partial charge on any atom is -0.508 e. The topological polar surface area (TPSA) is 88.5 Å². The third kappa shape index (κ3) is 5.31. The number of Topliss-reactive ketones (excluding diaryl/α,β-unsaturated/α-hetero) is 1. The molecule has 0 saturated carbocycles. The Kier molecular flexibility index (Phi) is 5.41. The molecule has 0 atom stereocenters. The third-order valence-corrected chi connectivity index (χ3v) is 3.34. The van der Waals surface area contributed by atoms with E-state index in [-0.39, 0.29) is 23.6 Å². The zero-order chi connectivity index (χ0) is 18.6. The number of nitrogens with zero attached hydrogens (tertiary/aromatic N) is 1. The van der Waals surface area contributed by atoms with Crippen molar-refractivity contribution in [1.29, 1.82) is 0 Å². The van der Waals surface area contributed by atoms with E-state index in [2.05, 4.69) is 10.3 Å². The molecule has 6 heteroatoms. The van der Waals surface area contributed by atoms with Crippen molar-refractivity contribution in [2.45, 2.75) is 39.7 Å². The maximum absolute atomic E-state index is 12.6. The maximum Gasteiger partial charge on any atom is 0.412 e.